The number of carbonyl (C=O) groups is 1. The number of rotatable bonds is 5. The molecule has 0 bridgehead atoms. The Morgan fingerprint density at radius 3 is 2.74 bits per heavy atom. The predicted molar refractivity (Wildman–Crippen MR) is 74.6 cm³/mol. The molecule has 0 spiro atoms. The molecule has 2 rings (SSSR count). The van der Waals surface area contributed by atoms with Crippen LogP contribution in [0.3, 0.4) is 0 Å². The van der Waals surface area contributed by atoms with Gasteiger partial charge in [0.15, 0.2) is 5.82 Å². The number of hydrogen-bond acceptors (Lipinski definition) is 3. The highest BCUT2D eigenvalue weighted by Crippen LogP contribution is 2.11. The molecule has 5 heteroatoms. The van der Waals surface area contributed by atoms with Crippen LogP contribution < -0.4 is 11.1 Å². The van der Waals surface area contributed by atoms with Gasteiger partial charge in [0.2, 0.25) is 5.91 Å². The van der Waals surface area contributed by atoms with Crippen LogP contribution in [0, 0.1) is 0 Å². The Balaban J connectivity index is 2.01. The van der Waals surface area contributed by atoms with Crippen molar-refractivity contribution in [3.8, 4) is 0 Å². The third-order valence-corrected chi connectivity index (χ3v) is 2.97. The fraction of sp³-hybridized carbons (Fsp3) is 0.286. The van der Waals surface area contributed by atoms with Crippen LogP contribution in [0.2, 0.25) is 0 Å². The topological polar surface area (TPSA) is 83.8 Å². The standard InChI is InChI=1S/C14H18N4O/c1-2-12-8-13(18-17-12)16-14(19)7-10-5-3-4-6-11(10)9-15/h3-6,8H,2,7,9,15H2,1H3,(H2,16,17,18,19). The maximum absolute atomic E-state index is 11.9. The summed E-state index contributed by atoms with van der Waals surface area (Å²) in [5, 5.41) is 9.67. The van der Waals surface area contributed by atoms with E-state index in [9.17, 15) is 4.79 Å². The number of aromatic amines is 1. The number of amides is 1. The fourth-order valence-electron chi connectivity index (χ4n) is 1.90. The molecular weight excluding hydrogens is 240 g/mol. The molecule has 0 fully saturated rings. The smallest absolute Gasteiger partial charge is 0.230 e. The molecule has 1 aromatic carbocycles. The minimum absolute atomic E-state index is 0.0879. The van der Waals surface area contributed by atoms with Gasteiger partial charge in [0.1, 0.15) is 0 Å². The van der Waals surface area contributed by atoms with E-state index in [4.69, 9.17) is 5.73 Å². The van der Waals surface area contributed by atoms with Gasteiger partial charge in [-0.3, -0.25) is 9.89 Å². The Bertz CT molecular complexity index is 562. The molecule has 0 saturated carbocycles. The molecule has 0 saturated heterocycles. The summed E-state index contributed by atoms with van der Waals surface area (Å²) in [6.45, 7) is 2.46. The molecular formula is C14H18N4O. The van der Waals surface area contributed by atoms with Crippen LogP contribution in [0.5, 0.6) is 0 Å². The van der Waals surface area contributed by atoms with Crippen molar-refractivity contribution in [3.63, 3.8) is 0 Å². The number of anilines is 1. The summed E-state index contributed by atoms with van der Waals surface area (Å²) in [4.78, 5) is 11.9. The molecule has 0 aliphatic heterocycles. The second kappa shape index (κ2) is 6.15. The average Bonchev–Trinajstić information content (AvgIpc) is 2.87. The molecule has 1 heterocycles. The van der Waals surface area contributed by atoms with Gasteiger partial charge in [-0.25, -0.2) is 0 Å². The summed E-state index contributed by atoms with van der Waals surface area (Å²) in [6, 6.07) is 9.53. The van der Waals surface area contributed by atoms with E-state index in [1.54, 1.807) is 0 Å². The number of H-pyrrole nitrogens is 1. The number of nitrogens with one attached hydrogen (secondary N) is 2. The first-order valence-corrected chi connectivity index (χ1v) is 6.34. The van der Waals surface area contributed by atoms with Gasteiger partial charge >= 0.3 is 0 Å². The van der Waals surface area contributed by atoms with E-state index in [1.165, 1.54) is 0 Å². The van der Waals surface area contributed by atoms with E-state index in [-0.39, 0.29) is 5.91 Å². The van der Waals surface area contributed by atoms with Gasteiger partial charge in [0.05, 0.1) is 6.42 Å². The third kappa shape index (κ3) is 3.42. The van der Waals surface area contributed by atoms with Crippen LogP contribution >= 0.6 is 0 Å². The molecule has 19 heavy (non-hydrogen) atoms. The summed E-state index contributed by atoms with van der Waals surface area (Å²) in [5.74, 6) is 0.474. The van der Waals surface area contributed by atoms with Crippen LogP contribution in [0.25, 0.3) is 0 Å². The fourth-order valence-corrected chi connectivity index (χ4v) is 1.90. The van der Waals surface area contributed by atoms with E-state index < -0.39 is 0 Å². The van der Waals surface area contributed by atoms with Crippen molar-refractivity contribution in [1.82, 2.24) is 10.2 Å². The summed E-state index contributed by atoms with van der Waals surface area (Å²) in [6.07, 6.45) is 1.17. The zero-order valence-corrected chi connectivity index (χ0v) is 10.9. The van der Waals surface area contributed by atoms with Gasteiger partial charge < -0.3 is 11.1 Å². The number of benzene rings is 1. The van der Waals surface area contributed by atoms with Gasteiger partial charge in [0.25, 0.3) is 0 Å². The molecule has 0 unspecified atom stereocenters. The van der Waals surface area contributed by atoms with Crippen molar-refractivity contribution < 1.29 is 4.79 Å². The van der Waals surface area contributed by atoms with Crippen molar-refractivity contribution in [3.05, 3.63) is 47.2 Å². The number of nitrogens with zero attached hydrogens (tertiary/aromatic N) is 1. The molecule has 2 aromatic rings. The normalized spacial score (nSPS) is 10.4. The Kier molecular flexibility index (Phi) is 4.30. The Morgan fingerprint density at radius 1 is 1.37 bits per heavy atom. The van der Waals surface area contributed by atoms with E-state index in [0.29, 0.717) is 18.8 Å². The second-order valence-corrected chi connectivity index (χ2v) is 4.33. The van der Waals surface area contributed by atoms with Crippen molar-refractivity contribution in [2.45, 2.75) is 26.3 Å². The zero-order chi connectivity index (χ0) is 13.7. The molecule has 0 atom stereocenters. The number of hydrogen-bond donors (Lipinski definition) is 3. The summed E-state index contributed by atoms with van der Waals surface area (Å²) in [5.41, 5.74) is 8.60. The lowest BCUT2D eigenvalue weighted by atomic mass is 10.0. The van der Waals surface area contributed by atoms with Crippen molar-refractivity contribution >= 4 is 11.7 Å². The van der Waals surface area contributed by atoms with Crippen molar-refractivity contribution in [2.24, 2.45) is 5.73 Å². The highest BCUT2D eigenvalue weighted by Gasteiger charge is 2.08. The lowest BCUT2D eigenvalue weighted by molar-refractivity contribution is -0.115. The van der Waals surface area contributed by atoms with E-state index >= 15 is 0 Å². The average molecular weight is 258 g/mol. The SMILES string of the molecule is CCc1cc(NC(=O)Cc2ccccc2CN)n[nH]1. The lowest BCUT2D eigenvalue weighted by Gasteiger charge is -2.06. The molecule has 0 aliphatic rings. The molecule has 1 aromatic heterocycles. The van der Waals surface area contributed by atoms with E-state index in [0.717, 1.165) is 23.2 Å². The van der Waals surface area contributed by atoms with Crippen LogP contribution in [0.15, 0.2) is 30.3 Å². The predicted octanol–water partition coefficient (Wildman–Crippen LogP) is 1.61. The van der Waals surface area contributed by atoms with E-state index in [1.807, 2.05) is 37.3 Å². The Hall–Kier alpha value is -2.14. The minimum Gasteiger partial charge on any atom is -0.326 e. The van der Waals surface area contributed by atoms with Gasteiger partial charge in [-0.05, 0) is 17.5 Å². The summed E-state index contributed by atoms with van der Waals surface area (Å²) in [7, 11) is 0. The Labute approximate surface area is 112 Å². The van der Waals surface area contributed by atoms with Crippen LogP contribution in [-0.4, -0.2) is 16.1 Å². The molecule has 0 radical (unpaired) electrons. The molecule has 5 nitrogen and oxygen atoms in total. The zero-order valence-electron chi connectivity index (χ0n) is 10.9. The third-order valence-electron chi connectivity index (χ3n) is 2.97. The van der Waals surface area contributed by atoms with Gasteiger partial charge in [-0.2, -0.15) is 5.10 Å². The highest BCUT2D eigenvalue weighted by molar-refractivity contribution is 5.91. The summed E-state index contributed by atoms with van der Waals surface area (Å²) < 4.78 is 0. The maximum atomic E-state index is 11.9. The number of aromatic nitrogens is 2. The maximum Gasteiger partial charge on any atom is 0.230 e. The summed E-state index contributed by atoms with van der Waals surface area (Å²) >= 11 is 0. The van der Waals surface area contributed by atoms with Gasteiger partial charge in [-0.1, -0.05) is 31.2 Å². The first-order chi connectivity index (χ1) is 9.22. The van der Waals surface area contributed by atoms with Crippen molar-refractivity contribution in [2.75, 3.05) is 5.32 Å². The number of aryl methyl sites for hydroxylation is 1. The van der Waals surface area contributed by atoms with Crippen molar-refractivity contribution in [1.29, 1.82) is 0 Å². The molecule has 0 aliphatic carbocycles. The van der Waals surface area contributed by atoms with Gasteiger partial charge in [-0.15, -0.1) is 0 Å². The lowest BCUT2D eigenvalue weighted by Crippen LogP contribution is -2.16. The first-order valence-electron chi connectivity index (χ1n) is 6.34. The number of nitrogens with two attached hydrogens (primary N) is 1. The quantitative estimate of drug-likeness (QED) is 0.761. The highest BCUT2D eigenvalue weighted by atomic mass is 16.1. The second-order valence-electron chi connectivity index (χ2n) is 4.33. The van der Waals surface area contributed by atoms with Crippen LogP contribution in [-0.2, 0) is 24.2 Å². The molecule has 1 amide bonds. The number of carbonyl (C=O) groups excluding carboxylic acids is 1. The monoisotopic (exact) mass is 258 g/mol. The Morgan fingerprint density at radius 2 is 2.11 bits per heavy atom. The van der Waals surface area contributed by atoms with E-state index in [2.05, 4.69) is 15.5 Å². The van der Waals surface area contributed by atoms with Crippen LogP contribution in [0.1, 0.15) is 23.7 Å². The minimum atomic E-state index is -0.0879. The molecule has 4 N–H and O–H groups in total. The first kappa shape index (κ1) is 13.3. The van der Waals surface area contributed by atoms with Crippen LogP contribution in [0.4, 0.5) is 5.82 Å². The molecule has 100 valence electrons. The largest absolute Gasteiger partial charge is 0.326 e. The van der Waals surface area contributed by atoms with Gasteiger partial charge in [0, 0.05) is 18.3 Å².